The number of carbonyl (C=O) groups excluding carboxylic acids is 1. The summed E-state index contributed by atoms with van der Waals surface area (Å²) in [5.74, 6) is -0.0797. The first-order valence-corrected chi connectivity index (χ1v) is 11.1. The molecule has 0 atom stereocenters. The molecular formula is C23H16BrCl2N3O. The van der Waals surface area contributed by atoms with Crippen LogP contribution < -0.4 is 5.32 Å². The van der Waals surface area contributed by atoms with Gasteiger partial charge in [0.25, 0.3) is 5.91 Å². The number of hydrogen-bond acceptors (Lipinski definition) is 2. The first-order chi connectivity index (χ1) is 14.5. The van der Waals surface area contributed by atoms with Gasteiger partial charge in [0.05, 0.1) is 21.4 Å². The van der Waals surface area contributed by atoms with Crippen molar-refractivity contribution in [2.24, 2.45) is 0 Å². The van der Waals surface area contributed by atoms with Crippen LogP contribution in [-0.2, 0) is 0 Å². The van der Waals surface area contributed by atoms with E-state index < -0.39 is 0 Å². The summed E-state index contributed by atoms with van der Waals surface area (Å²) in [6.45, 7) is 0. The van der Waals surface area contributed by atoms with E-state index in [-0.39, 0.29) is 11.9 Å². The van der Waals surface area contributed by atoms with Crippen molar-refractivity contribution in [1.29, 1.82) is 0 Å². The molecule has 30 heavy (non-hydrogen) atoms. The number of hydrogen-bond donors (Lipinski definition) is 1. The molecule has 0 radical (unpaired) electrons. The Morgan fingerprint density at radius 2 is 1.60 bits per heavy atom. The molecule has 2 aromatic heterocycles. The number of nitrogens with one attached hydrogen (secondary N) is 1. The molecule has 2 heterocycles. The second kappa shape index (κ2) is 7.73. The van der Waals surface area contributed by atoms with Crippen LogP contribution in [0.15, 0.2) is 65.3 Å². The highest BCUT2D eigenvalue weighted by atomic mass is 79.9. The maximum atomic E-state index is 12.7. The van der Waals surface area contributed by atoms with Gasteiger partial charge in [-0.15, -0.1) is 0 Å². The molecule has 150 valence electrons. The maximum absolute atomic E-state index is 12.7. The molecule has 1 fully saturated rings. The number of nitrogens with zero attached hydrogens (tertiary/aromatic N) is 2. The molecule has 7 heteroatoms. The van der Waals surface area contributed by atoms with E-state index in [0.29, 0.717) is 15.6 Å². The number of amides is 1. The van der Waals surface area contributed by atoms with Gasteiger partial charge in [-0.1, -0.05) is 47.5 Å². The zero-order valence-corrected chi connectivity index (χ0v) is 18.8. The lowest BCUT2D eigenvalue weighted by molar-refractivity contribution is 0.0950. The SMILES string of the molecule is O=C(NC1CC1)c1cc(Br)c2nc(-c3ccc(Cl)cc3)c(-c3ccc(Cl)cc3)n2c1. The topological polar surface area (TPSA) is 46.4 Å². The average molecular weight is 501 g/mol. The van der Waals surface area contributed by atoms with Gasteiger partial charge < -0.3 is 5.32 Å². The summed E-state index contributed by atoms with van der Waals surface area (Å²) in [6, 6.07) is 17.3. The first kappa shape index (κ1) is 19.6. The van der Waals surface area contributed by atoms with E-state index in [1.807, 2.05) is 65.2 Å². The number of aromatic nitrogens is 2. The Hall–Kier alpha value is -2.34. The van der Waals surface area contributed by atoms with E-state index in [0.717, 1.165) is 45.5 Å². The molecule has 1 aliphatic carbocycles. The normalized spacial score (nSPS) is 13.6. The summed E-state index contributed by atoms with van der Waals surface area (Å²) < 4.78 is 2.71. The Bertz CT molecular complexity index is 1260. The minimum absolute atomic E-state index is 0.0797. The van der Waals surface area contributed by atoms with Crippen molar-refractivity contribution >= 4 is 50.7 Å². The van der Waals surface area contributed by atoms with Crippen molar-refractivity contribution in [3.63, 3.8) is 0 Å². The molecule has 1 amide bonds. The molecule has 4 nitrogen and oxygen atoms in total. The van der Waals surface area contributed by atoms with Crippen LogP contribution in [0.4, 0.5) is 0 Å². The number of carbonyl (C=O) groups is 1. The summed E-state index contributed by atoms with van der Waals surface area (Å²) in [6.07, 6.45) is 3.92. The highest BCUT2D eigenvalue weighted by Gasteiger charge is 2.25. The van der Waals surface area contributed by atoms with E-state index in [9.17, 15) is 4.79 Å². The quantitative estimate of drug-likeness (QED) is 0.341. The summed E-state index contributed by atoms with van der Waals surface area (Å²) in [7, 11) is 0. The molecule has 2 aromatic carbocycles. The van der Waals surface area contributed by atoms with Crippen molar-refractivity contribution in [1.82, 2.24) is 14.7 Å². The minimum atomic E-state index is -0.0797. The molecule has 0 bridgehead atoms. The summed E-state index contributed by atoms with van der Waals surface area (Å²) in [4.78, 5) is 17.6. The van der Waals surface area contributed by atoms with Crippen molar-refractivity contribution in [2.75, 3.05) is 0 Å². The third-order valence-corrected chi connectivity index (χ3v) is 6.17. The van der Waals surface area contributed by atoms with Gasteiger partial charge in [0.2, 0.25) is 0 Å². The lowest BCUT2D eigenvalue weighted by Crippen LogP contribution is -2.25. The van der Waals surface area contributed by atoms with Gasteiger partial charge in [-0.05, 0) is 59.1 Å². The zero-order valence-electron chi connectivity index (χ0n) is 15.7. The van der Waals surface area contributed by atoms with Crippen LogP contribution in [0.5, 0.6) is 0 Å². The predicted molar refractivity (Wildman–Crippen MR) is 124 cm³/mol. The average Bonchev–Trinajstić information content (AvgIpc) is 3.46. The van der Waals surface area contributed by atoms with Crippen molar-refractivity contribution < 1.29 is 4.79 Å². The van der Waals surface area contributed by atoms with Crippen LogP contribution in [0.25, 0.3) is 28.2 Å². The van der Waals surface area contributed by atoms with Gasteiger partial charge in [-0.25, -0.2) is 4.98 Å². The van der Waals surface area contributed by atoms with Crippen LogP contribution in [0.1, 0.15) is 23.2 Å². The fourth-order valence-corrected chi connectivity index (χ4v) is 4.20. The van der Waals surface area contributed by atoms with Crippen LogP contribution in [-0.4, -0.2) is 21.3 Å². The lowest BCUT2D eigenvalue weighted by Gasteiger charge is -2.09. The smallest absolute Gasteiger partial charge is 0.253 e. The Morgan fingerprint density at radius 1 is 1.00 bits per heavy atom. The molecule has 1 aliphatic rings. The van der Waals surface area contributed by atoms with Gasteiger partial charge >= 0.3 is 0 Å². The third kappa shape index (κ3) is 3.73. The van der Waals surface area contributed by atoms with Crippen LogP contribution in [0.3, 0.4) is 0 Å². The fraction of sp³-hybridized carbons (Fsp3) is 0.130. The fourth-order valence-electron chi connectivity index (χ4n) is 3.42. The van der Waals surface area contributed by atoms with Gasteiger partial charge in [0, 0.05) is 33.4 Å². The van der Waals surface area contributed by atoms with Crippen LogP contribution in [0.2, 0.25) is 10.0 Å². The molecule has 1 N–H and O–H groups in total. The third-order valence-electron chi connectivity index (χ3n) is 5.09. The number of benzene rings is 2. The zero-order chi connectivity index (χ0) is 20.8. The van der Waals surface area contributed by atoms with E-state index >= 15 is 0 Å². The lowest BCUT2D eigenvalue weighted by atomic mass is 10.0. The van der Waals surface area contributed by atoms with E-state index in [1.54, 1.807) is 0 Å². The van der Waals surface area contributed by atoms with Gasteiger partial charge in [0.1, 0.15) is 0 Å². The molecule has 0 unspecified atom stereocenters. The van der Waals surface area contributed by atoms with Crippen molar-refractivity contribution in [3.05, 3.63) is 80.9 Å². The minimum Gasteiger partial charge on any atom is -0.349 e. The van der Waals surface area contributed by atoms with Crippen LogP contribution in [0, 0.1) is 0 Å². The largest absolute Gasteiger partial charge is 0.349 e. The summed E-state index contributed by atoms with van der Waals surface area (Å²) in [5, 5.41) is 4.37. The predicted octanol–water partition coefficient (Wildman–Crippen LogP) is 6.63. The second-order valence-corrected chi connectivity index (χ2v) is 9.07. The van der Waals surface area contributed by atoms with Gasteiger partial charge in [0.15, 0.2) is 5.65 Å². The number of imidazole rings is 1. The number of rotatable bonds is 4. The number of fused-ring (bicyclic) bond motifs is 1. The first-order valence-electron chi connectivity index (χ1n) is 9.54. The Labute approximate surface area is 192 Å². The molecular weight excluding hydrogens is 485 g/mol. The Kier molecular flexibility index (Phi) is 5.05. The van der Waals surface area contributed by atoms with Gasteiger partial charge in [-0.2, -0.15) is 0 Å². The second-order valence-electron chi connectivity index (χ2n) is 7.34. The number of halogens is 3. The molecule has 4 aromatic rings. The molecule has 0 spiro atoms. The molecule has 0 saturated heterocycles. The Morgan fingerprint density at radius 3 is 2.20 bits per heavy atom. The standard InChI is InChI=1S/C23H16BrCl2N3O/c24-19-11-15(23(30)27-18-9-10-18)12-29-21(14-3-7-17(26)8-4-14)20(28-22(19)29)13-1-5-16(25)6-2-13/h1-8,11-12,18H,9-10H2,(H,27,30). The van der Waals surface area contributed by atoms with Crippen molar-refractivity contribution in [3.8, 4) is 22.5 Å². The van der Waals surface area contributed by atoms with E-state index in [1.165, 1.54) is 0 Å². The highest BCUT2D eigenvalue weighted by Crippen LogP contribution is 2.36. The van der Waals surface area contributed by atoms with Crippen LogP contribution >= 0.6 is 39.1 Å². The molecule has 0 aliphatic heterocycles. The molecule has 5 rings (SSSR count). The summed E-state index contributed by atoms with van der Waals surface area (Å²) >= 11 is 15.8. The van der Waals surface area contributed by atoms with Gasteiger partial charge in [-0.3, -0.25) is 9.20 Å². The van der Waals surface area contributed by atoms with E-state index in [4.69, 9.17) is 28.2 Å². The van der Waals surface area contributed by atoms with Crippen molar-refractivity contribution in [2.45, 2.75) is 18.9 Å². The number of pyridine rings is 1. The molecule has 1 saturated carbocycles. The summed E-state index contributed by atoms with van der Waals surface area (Å²) in [5.41, 5.74) is 4.87. The monoisotopic (exact) mass is 499 g/mol. The van der Waals surface area contributed by atoms with E-state index in [2.05, 4.69) is 21.2 Å². The Balaban J connectivity index is 1.74. The maximum Gasteiger partial charge on any atom is 0.253 e. The highest BCUT2D eigenvalue weighted by molar-refractivity contribution is 9.10.